The highest BCUT2D eigenvalue weighted by Gasteiger charge is 2.38. The van der Waals surface area contributed by atoms with Gasteiger partial charge in [0.15, 0.2) is 0 Å². The normalized spacial score (nSPS) is 11.6. The largest absolute Gasteiger partial charge is 0.450 e. The number of amides is 1. The summed E-state index contributed by atoms with van der Waals surface area (Å²) in [6, 6.07) is 16.3. The molecule has 0 unspecified atom stereocenters. The van der Waals surface area contributed by atoms with E-state index in [0.717, 1.165) is 4.57 Å². The molecule has 0 saturated carbocycles. The van der Waals surface area contributed by atoms with Gasteiger partial charge in [-0.15, -0.1) is 0 Å². The molecule has 0 spiro atoms. The number of para-hydroxylation sites is 2. The van der Waals surface area contributed by atoms with Crippen LogP contribution in [0.1, 0.15) is 21.7 Å². The first-order chi connectivity index (χ1) is 14.3. The first-order valence-corrected chi connectivity index (χ1v) is 8.97. The van der Waals surface area contributed by atoms with E-state index < -0.39 is 23.7 Å². The van der Waals surface area contributed by atoms with E-state index in [1.165, 1.54) is 48.5 Å². The minimum Gasteiger partial charge on any atom is -0.322 e. The van der Waals surface area contributed by atoms with Crippen LogP contribution in [-0.4, -0.2) is 15.5 Å². The van der Waals surface area contributed by atoms with E-state index >= 15 is 0 Å². The Kier molecular flexibility index (Phi) is 4.77. The number of nitrogens with one attached hydrogen (secondary N) is 1. The summed E-state index contributed by atoms with van der Waals surface area (Å²) in [5.74, 6) is -2.35. The van der Waals surface area contributed by atoms with Crippen molar-refractivity contribution in [2.75, 3.05) is 5.32 Å². The summed E-state index contributed by atoms with van der Waals surface area (Å²) in [5.41, 5.74) is 1.51. The van der Waals surface area contributed by atoms with Gasteiger partial charge >= 0.3 is 6.18 Å². The van der Waals surface area contributed by atoms with Crippen molar-refractivity contribution < 1.29 is 22.4 Å². The van der Waals surface area contributed by atoms with Crippen molar-refractivity contribution in [1.29, 1.82) is 0 Å². The Labute approximate surface area is 168 Å². The van der Waals surface area contributed by atoms with E-state index in [1.807, 2.05) is 0 Å². The molecule has 8 heteroatoms. The van der Waals surface area contributed by atoms with Crippen molar-refractivity contribution in [1.82, 2.24) is 9.55 Å². The lowest BCUT2D eigenvalue weighted by Gasteiger charge is -2.15. The standard InChI is InChI=1S/C22H15F4N3O/c1-13-12-14(27-20(30)15-6-2-3-7-16(15)23)10-11-18(13)29-19-9-5-4-8-17(19)28-21(29)22(24,25)26/h2-12H,1H3,(H,27,30). The summed E-state index contributed by atoms with van der Waals surface area (Å²) in [6.07, 6.45) is -4.65. The third-order valence-corrected chi connectivity index (χ3v) is 4.63. The number of rotatable bonds is 3. The molecule has 0 bridgehead atoms. The van der Waals surface area contributed by atoms with Crippen LogP contribution in [0.2, 0.25) is 0 Å². The Bertz CT molecular complexity index is 1260. The molecule has 1 N–H and O–H groups in total. The van der Waals surface area contributed by atoms with Crippen LogP contribution in [0, 0.1) is 12.7 Å². The van der Waals surface area contributed by atoms with Crippen molar-refractivity contribution in [2.45, 2.75) is 13.1 Å². The van der Waals surface area contributed by atoms with Crippen molar-refractivity contribution >= 4 is 22.6 Å². The van der Waals surface area contributed by atoms with Crippen LogP contribution in [-0.2, 0) is 6.18 Å². The third kappa shape index (κ3) is 3.52. The Balaban J connectivity index is 1.75. The number of benzene rings is 3. The zero-order valence-electron chi connectivity index (χ0n) is 15.7. The van der Waals surface area contributed by atoms with Gasteiger partial charge in [0.1, 0.15) is 5.82 Å². The van der Waals surface area contributed by atoms with Crippen LogP contribution in [0.25, 0.3) is 16.7 Å². The molecular weight excluding hydrogens is 398 g/mol. The maximum absolute atomic E-state index is 13.8. The van der Waals surface area contributed by atoms with E-state index in [1.54, 1.807) is 25.1 Å². The fourth-order valence-electron chi connectivity index (χ4n) is 3.29. The fourth-order valence-corrected chi connectivity index (χ4v) is 3.29. The second kappa shape index (κ2) is 7.29. The molecule has 0 atom stereocenters. The Morgan fingerprint density at radius 2 is 1.70 bits per heavy atom. The number of aromatic nitrogens is 2. The van der Waals surface area contributed by atoms with Crippen LogP contribution in [0.4, 0.5) is 23.2 Å². The van der Waals surface area contributed by atoms with Gasteiger partial charge in [0.2, 0.25) is 5.82 Å². The third-order valence-electron chi connectivity index (χ3n) is 4.63. The zero-order chi connectivity index (χ0) is 21.5. The van der Waals surface area contributed by atoms with Gasteiger partial charge in [-0.25, -0.2) is 9.37 Å². The Morgan fingerprint density at radius 1 is 1.00 bits per heavy atom. The predicted molar refractivity (Wildman–Crippen MR) is 105 cm³/mol. The maximum atomic E-state index is 13.8. The number of fused-ring (bicyclic) bond motifs is 1. The number of anilines is 1. The second-order valence-corrected chi connectivity index (χ2v) is 6.69. The van der Waals surface area contributed by atoms with E-state index in [9.17, 15) is 22.4 Å². The van der Waals surface area contributed by atoms with Crippen molar-refractivity contribution in [3.63, 3.8) is 0 Å². The number of imidazole rings is 1. The molecule has 1 amide bonds. The van der Waals surface area contributed by atoms with Crippen molar-refractivity contribution in [3.8, 4) is 5.69 Å². The lowest BCUT2D eigenvalue weighted by molar-refractivity contribution is -0.145. The predicted octanol–water partition coefficient (Wildman–Crippen LogP) is 5.74. The first-order valence-electron chi connectivity index (χ1n) is 8.97. The summed E-state index contributed by atoms with van der Waals surface area (Å²) in [4.78, 5) is 16.1. The zero-order valence-corrected chi connectivity index (χ0v) is 15.7. The van der Waals surface area contributed by atoms with Crippen LogP contribution < -0.4 is 5.32 Å². The molecule has 4 nitrogen and oxygen atoms in total. The van der Waals surface area contributed by atoms with E-state index in [-0.39, 0.29) is 16.8 Å². The second-order valence-electron chi connectivity index (χ2n) is 6.69. The monoisotopic (exact) mass is 413 g/mol. The minimum atomic E-state index is -4.65. The maximum Gasteiger partial charge on any atom is 0.450 e. The number of nitrogens with zero attached hydrogens (tertiary/aromatic N) is 2. The summed E-state index contributed by atoms with van der Waals surface area (Å²) in [5, 5.41) is 2.57. The molecule has 0 aliphatic rings. The lowest BCUT2D eigenvalue weighted by atomic mass is 10.1. The Morgan fingerprint density at radius 3 is 2.40 bits per heavy atom. The highest BCUT2D eigenvalue weighted by Crippen LogP contribution is 2.35. The van der Waals surface area contributed by atoms with Crippen LogP contribution in [0.5, 0.6) is 0 Å². The molecule has 3 aromatic carbocycles. The summed E-state index contributed by atoms with van der Waals surface area (Å²) in [7, 11) is 0. The highest BCUT2D eigenvalue weighted by molar-refractivity contribution is 6.04. The summed E-state index contributed by atoms with van der Waals surface area (Å²) < 4.78 is 55.7. The summed E-state index contributed by atoms with van der Waals surface area (Å²) in [6.45, 7) is 1.63. The quantitative estimate of drug-likeness (QED) is 0.435. The molecule has 1 aromatic heterocycles. The molecule has 4 aromatic rings. The molecule has 0 aliphatic heterocycles. The topological polar surface area (TPSA) is 46.9 Å². The van der Waals surface area contributed by atoms with E-state index in [2.05, 4.69) is 10.3 Å². The molecule has 0 aliphatic carbocycles. The number of hydrogen-bond acceptors (Lipinski definition) is 2. The fraction of sp³-hybridized carbons (Fsp3) is 0.0909. The van der Waals surface area contributed by atoms with E-state index in [4.69, 9.17) is 0 Å². The van der Waals surface area contributed by atoms with Crippen molar-refractivity contribution in [3.05, 3.63) is 89.5 Å². The van der Waals surface area contributed by atoms with Gasteiger partial charge in [0.25, 0.3) is 5.91 Å². The first kappa shape index (κ1) is 19.6. The molecule has 0 saturated heterocycles. The number of carbonyl (C=O) groups is 1. The number of halogens is 4. The number of hydrogen-bond donors (Lipinski definition) is 1. The Hall–Kier alpha value is -3.68. The highest BCUT2D eigenvalue weighted by atomic mass is 19.4. The van der Waals surface area contributed by atoms with Crippen LogP contribution in [0.15, 0.2) is 66.7 Å². The molecule has 4 rings (SSSR count). The molecule has 30 heavy (non-hydrogen) atoms. The van der Waals surface area contributed by atoms with Crippen LogP contribution >= 0.6 is 0 Å². The van der Waals surface area contributed by atoms with Gasteiger partial charge in [-0.2, -0.15) is 13.2 Å². The molecule has 0 fully saturated rings. The molecule has 1 heterocycles. The number of carbonyl (C=O) groups excluding carboxylic acids is 1. The molecule has 152 valence electrons. The number of alkyl halides is 3. The smallest absolute Gasteiger partial charge is 0.322 e. The van der Waals surface area contributed by atoms with Gasteiger partial charge < -0.3 is 5.32 Å². The van der Waals surface area contributed by atoms with Gasteiger partial charge in [-0.3, -0.25) is 9.36 Å². The van der Waals surface area contributed by atoms with Gasteiger partial charge in [0, 0.05) is 5.69 Å². The molecular formula is C22H15F4N3O. The van der Waals surface area contributed by atoms with Gasteiger partial charge in [-0.1, -0.05) is 24.3 Å². The van der Waals surface area contributed by atoms with Crippen molar-refractivity contribution in [2.24, 2.45) is 0 Å². The SMILES string of the molecule is Cc1cc(NC(=O)c2ccccc2F)ccc1-n1c(C(F)(F)F)nc2ccccc21. The molecule has 0 radical (unpaired) electrons. The van der Waals surface area contributed by atoms with E-state index in [0.29, 0.717) is 16.8 Å². The van der Waals surface area contributed by atoms with Gasteiger partial charge in [-0.05, 0) is 55.0 Å². The number of aryl methyl sites for hydroxylation is 1. The van der Waals surface area contributed by atoms with Crippen LogP contribution in [0.3, 0.4) is 0 Å². The average Bonchev–Trinajstić information content (AvgIpc) is 3.08. The summed E-state index contributed by atoms with van der Waals surface area (Å²) >= 11 is 0. The average molecular weight is 413 g/mol. The van der Waals surface area contributed by atoms with Gasteiger partial charge in [0.05, 0.1) is 22.3 Å². The lowest BCUT2D eigenvalue weighted by Crippen LogP contribution is -2.15. The minimum absolute atomic E-state index is 0.126.